The van der Waals surface area contributed by atoms with Gasteiger partial charge >= 0.3 is 0 Å². The molecule has 1 atom stereocenters. The number of nitrogens with zero attached hydrogens (tertiary/aromatic N) is 4. The van der Waals surface area contributed by atoms with Crippen molar-refractivity contribution < 1.29 is 13.2 Å². The summed E-state index contributed by atoms with van der Waals surface area (Å²) in [5.74, 6) is 0.726. The molecule has 0 fully saturated rings. The third-order valence-corrected chi connectivity index (χ3v) is 6.80. The van der Waals surface area contributed by atoms with E-state index in [0.29, 0.717) is 24.0 Å². The largest absolute Gasteiger partial charge is 0.475 e. The van der Waals surface area contributed by atoms with Crippen molar-refractivity contribution in [1.29, 1.82) is 0 Å². The van der Waals surface area contributed by atoms with Crippen LogP contribution < -0.4 is 14.8 Å². The predicted molar refractivity (Wildman–Crippen MR) is 128 cm³/mol. The number of nitrogens with one attached hydrogen (secondary N) is 2. The Balaban J connectivity index is 1.85. The number of sulfonamides is 1. The lowest BCUT2D eigenvalue weighted by Crippen LogP contribution is -2.32. The maximum atomic E-state index is 13.1. The van der Waals surface area contributed by atoms with Crippen molar-refractivity contribution in [2.24, 2.45) is 12.5 Å². The highest BCUT2D eigenvalue weighted by Crippen LogP contribution is 2.30. The molecule has 3 heterocycles. The number of benzene rings is 1. The average molecular weight is 471 g/mol. The molecule has 10 heteroatoms. The van der Waals surface area contributed by atoms with Crippen LogP contribution in [0.3, 0.4) is 0 Å². The molecule has 0 radical (unpaired) electrons. The fraction of sp³-hybridized carbons (Fsp3) is 0.435. The molecule has 33 heavy (non-hydrogen) atoms. The van der Waals surface area contributed by atoms with Gasteiger partial charge in [-0.2, -0.15) is 18.5 Å². The van der Waals surface area contributed by atoms with E-state index in [1.54, 1.807) is 13.1 Å². The van der Waals surface area contributed by atoms with Gasteiger partial charge in [-0.1, -0.05) is 39.0 Å². The van der Waals surface area contributed by atoms with Crippen LogP contribution in [0.4, 0.5) is 11.8 Å². The van der Waals surface area contributed by atoms with Gasteiger partial charge in [-0.05, 0) is 36.8 Å². The maximum absolute atomic E-state index is 13.1. The fourth-order valence-electron chi connectivity index (χ4n) is 4.12. The summed E-state index contributed by atoms with van der Waals surface area (Å²) in [5.41, 5.74) is 3.58. The van der Waals surface area contributed by atoms with Gasteiger partial charge in [-0.3, -0.25) is 4.68 Å². The lowest BCUT2D eigenvalue weighted by atomic mass is 9.88. The second kappa shape index (κ2) is 8.33. The minimum absolute atomic E-state index is 0.0172. The first-order valence-electron chi connectivity index (χ1n) is 10.8. The Morgan fingerprint density at radius 3 is 2.52 bits per heavy atom. The van der Waals surface area contributed by atoms with Crippen LogP contribution in [0.15, 0.2) is 35.4 Å². The minimum atomic E-state index is -3.98. The lowest BCUT2D eigenvalue weighted by molar-refractivity contribution is 0.244. The number of aryl methyl sites for hydroxylation is 3. The number of fused-ring (bicyclic) bond motifs is 4. The Morgan fingerprint density at radius 2 is 1.85 bits per heavy atom. The van der Waals surface area contributed by atoms with Gasteiger partial charge in [0.05, 0.1) is 11.7 Å². The molecule has 1 aromatic carbocycles. The number of anilines is 2. The zero-order valence-corrected chi connectivity index (χ0v) is 20.6. The van der Waals surface area contributed by atoms with E-state index in [0.717, 1.165) is 23.1 Å². The van der Waals surface area contributed by atoms with E-state index in [1.165, 1.54) is 10.7 Å². The Hall–Kier alpha value is -3.14. The Morgan fingerprint density at radius 1 is 1.15 bits per heavy atom. The van der Waals surface area contributed by atoms with Gasteiger partial charge in [0.2, 0.25) is 11.8 Å². The third-order valence-electron chi connectivity index (χ3n) is 5.42. The first-order valence-corrected chi connectivity index (χ1v) is 12.3. The summed E-state index contributed by atoms with van der Waals surface area (Å²) < 4.78 is 36.2. The molecule has 4 rings (SSSR count). The van der Waals surface area contributed by atoms with Crippen molar-refractivity contribution in [1.82, 2.24) is 19.7 Å². The molecule has 9 nitrogen and oxygen atoms in total. The van der Waals surface area contributed by atoms with Crippen molar-refractivity contribution >= 4 is 21.8 Å². The molecule has 0 aliphatic carbocycles. The van der Waals surface area contributed by atoms with E-state index in [1.807, 2.05) is 32.0 Å². The first-order chi connectivity index (χ1) is 15.4. The monoisotopic (exact) mass is 470 g/mol. The smallest absolute Gasteiger partial charge is 0.281 e. The maximum Gasteiger partial charge on any atom is 0.281 e. The van der Waals surface area contributed by atoms with E-state index in [4.69, 9.17) is 4.74 Å². The molecule has 2 aromatic heterocycles. The molecule has 3 aromatic rings. The topological polar surface area (TPSA) is 111 Å². The SMILES string of the molecule is Cc1cccc(C)c1-c1cc2nc(n1)NS(=O)(=O)c1cc(nn1C)N[C@H](CC(C)(C)C)CO2. The molecule has 0 amide bonds. The zero-order valence-electron chi connectivity index (χ0n) is 19.8. The minimum Gasteiger partial charge on any atom is -0.475 e. The van der Waals surface area contributed by atoms with E-state index in [2.05, 4.69) is 45.9 Å². The van der Waals surface area contributed by atoms with Crippen LogP contribution >= 0.6 is 0 Å². The normalized spacial score (nSPS) is 17.7. The zero-order chi connectivity index (χ0) is 24.0. The second-order valence-electron chi connectivity index (χ2n) is 9.70. The van der Waals surface area contributed by atoms with Gasteiger partial charge in [0, 0.05) is 24.7 Å². The number of hydrogen-bond acceptors (Lipinski definition) is 7. The van der Waals surface area contributed by atoms with Crippen LogP contribution in [0.5, 0.6) is 5.88 Å². The number of rotatable bonds is 2. The standard InChI is InChI=1S/C23H30N6O3S/c1-14-8-7-9-15(2)21(14)17-10-19-26-22(25-17)28-33(30,31)20-11-18(27-29(20)6)24-16(13-32-19)12-23(3,4)5/h7-11,16H,12-13H2,1-6H3,(H,24,27)(H,25,26,28)/t16-/m1/s1. The number of ether oxygens (including phenoxy) is 1. The van der Waals surface area contributed by atoms with E-state index < -0.39 is 10.0 Å². The molecule has 0 saturated carbocycles. The van der Waals surface area contributed by atoms with Gasteiger partial charge in [-0.25, -0.2) is 9.71 Å². The van der Waals surface area contributed by atoms with Gasteiger partial charge in [0.1, 0.15) is 12.4 Å². The highest BCUT2D eigenvalue weighted by atomic mass is 32.2. The molecule has 2 N–H and O–H groups in total. The molecular weight excluding hydrogens is 440 g/mol. The summed E-state index contributed by atoms with van der Waals surface area (Å²) >= 11 is 0. The second-order valence-corrected chi connectivity index (χ2v) is 11.3. The molecule has 4 bridgehead atoms. The van der Waals surface area contributed by atoms with Gasteiger partial charge in [0.25, 0.3) is 10.0 Å². The molecule has 1 aliphatic heterocycles. The summed E-state index contributed by atoms with van der Waals surface area (Å²) in [6.45, 7) is 10.8. The van der Waals surface area contributed by atoms with Crippen LogP contribution in [0.25, 0.3) is 11.3 Å². The van der Waals surface area contributed by atoms with Crippen LogP contribution in [0.1, 0.15) is 38.3 Å². The quantitative estimate of drug-likeness (QED) is 0.584. The molecule has 0 saturated heterocycles. The Bertz CT molecular complexity index is 1270. The summed E-state index contributed by atoms with van der Waals surface area (Å²) in [7, 11) is -2.38. The molecule has 1 aliphatic rings. The van der Waals surface area contributed by atoms with Crippen molar-refractivity contribution in [3.8, 4) is 17.1 Å². The molecule has 176 valence electrons. The Kier molecular flexibility index (Phi) is 5.81. The number of aromatic nitrogens is 4. The average Bonchev–Trinajstić information content (AvgIpc) is 3.05. The molecule has 0 unspecified atom stereocenters. The summed E-state index contributed by atoms with van der Waals surface area (Å²) in [4.78, 5) is 8.88. The van der Waals surface area contributed by atoms with Gasteiger partial charge < -0.3 is 10.1 Å². The predicted octanol–water partition coefficient (Wildman–Crippen LogP) is 3.90. The summed E-state index contributed by atoms with van der Waals surface area (Å²) in [5, 5.41) is 7.69. The Labute approximate surface area is 194 Å². The van der Waals surface area contributed by atoms with Crippen molar-refractivity contribution in [3.63, 3.8) is 0 Å². The first kappa shape index (κ1) is 23.0. The summed E-state index contributed by atoms with van der Waals surface area (Å²) in [6, 6.07) is 9.12. The highest BCUT2D eigenvalue weighted by Gasteiger charge is 2.26. The van der Waals surface area contributed by atoms with Crippen LogP contribution in [0.2, 0.25) is 0 Å². The van der Waals surface area contributed by atoms with Crippen LogP contribution in [-0.2, 0) is 17.1 Å². The van der Waals surface area contributed by atoms with Crippen LogP contribution in [-0.4, -0.2) is 40.8 Å². The van der Waals surface area contributed by atoms with Crippen molar-refractivity contribution in [2.75, 3.05) is 16.6 Å². The third kappa shape index (κ3) is 5.11. The lowest BCUT2D eigenvalue weighted by Gasteiger charge is -2.27. The summed E-state index contributed by atoms with van der Waals surface area (Å²) in [6.07, 6.45) is 0.783. The molecule has 0 spiro atoms. The van der Waals surface area contributed by atoms with Crippen molar-refractivity contribution in [3.05, 3.63) is 41.5 Å². The van der Waals surface area contributed by atoms with E-state index in [9.17, 15) is 8.42 Å². The number of hydrogen-bond donors (Lipinski definition) is 2. The fourth-order valence-corrected chi connectivity index (χ4v) is 5.21. The van der Waals surface area contributed by atoms with E-state index >= 15 is 0 Å². The van der Waals surface area contributed by atoms with Gasteiger partial charge in [-0.15, -0.1) is 0 Å². The van der Waals surface area contributed by atoms with E-state index in [-0.39, 0.29) is 22.4 Å². The highest BCUT2D eigenvalue weighted by molar-refractivity contribution is 7.92. The van der Waals surface area contributed by atoms with Crippen LogP contribution in [0, 0.1) is 19.3 Å². The van der Waals surface area contributed by atoms with Gasteiger partial charge in [0.15, 0.2) is 5.03 Å². The van der Waals surface area contributed by atoms with Crippen molar-refractivity contribution in [2.45, 2.75) is 52.1 Å². The molecular formula is C23H30N6O3S.